The molecule has 0 fully saturated rings. The van der Waals surface area contributed by atoms with Crippen LogP contribution in [-0.2, 0) is 16.1 Å². The molecule has 0 aromatic heterocycles. The summed E-state index contributed by atoms with van der Waals surface area (Å²) in [7, 11) is 0. The van der Waals surface area contributed by atoms with Crippen molar-refractivity contribution in [1.82, 2.24) is 0 Å². The number of carbonyl (C=O) groups excluding carboxylic acids is 1. The molecule has 132 valence electrons. The molecule has 5 heteroatoms. The van der Waals surface area contributed by atoms with Gasteiger partial charge in [0.1, 0.15) is 12.3 Å². The first kappa shape index (κ1) is 16.9. The van der Waals surface area contributed by atoms with Gasteiger partial charge in [0.25, 0.3) is 5.91 Å². The molecule has 2 aliphatic rings. The van der Waals surface area contributed by atoms with Crippen LogP contribution in [0.25, 0.3) is 5.57 Å². The third-order valence-corrected chi connectivity index (χ3v) is 5.13. The summed E-state index contributed by atoms with van der Waals surface area (Å²) in [5, 5.41) is 7.98. The largest absolute Gasteiger partial charge is 0.395 e. The number of hydrogen-bond acceptors (Lipinski definition) is 3. The predicted molar refractivity (Wildman–Crippen MR) is 105 cm³/mol. The molecule has 2 aromatic rings. The molecule has 0 radical (unpaired) electrons. The molecule has 0 spiro atoms. The van der Waals surface area contributed by atoms with Gasteiger partial charge in [-0.15, -0.1) is 0 Å². The first-order valence-corrected chi connectivity index (χ1v) is 9.11. The Bertz CT molecular complexity index is 976. The average Bonchev–Trinajstić information content (AvgIpc) is 3.12. The number of rotatable bonds is 3. The Morgan fingerprint density at radius 1 is 1.23 bits per heavy atom. The van der Waals surface area contributed by atoms with E-state index in [0.717, 1.165) is 45.6 Å². The van der Waals surface area contributed by atoms with E-state index in [2.05, 4.69) is 16.5 Å². The standard InChI is InChI=1S/C21H19ClN2O2/c1-3-8-26-24-20-14-7-5-4-6-13(14)10-16(20)19-15-11-17(22)12(2)9-18(15)23-21(19)25/h4-7,9,11H,3,8,10H2,1-2H3,(H,23,25)/b19-16+,24-20+. The number of hydrogen-bond donors (Lipinski definition) is 1. The van der Waals surface area contributed by atoms with Gasteiger partial charge in [0.15, 0.2) is 0 Å². The van der Waals surface area contributed by atoms with Crippen molar-refractivity contribution < 1.29 is 9.63 Å². The fourth-order valence-corrected chi connectivity index (χ4v) is 3.62. The van der Waals surface area contributed by atoms with Crippen LogP contribution in [0.3, 0.4) is 0 Å². The number of nitrogens with zero attached hydrogens (tertiary/aromatic N) is 1. The molecule has 1 amide bonds. The normalized spacial score (nSPS) is 19.5. The monoisotopic (exact) mass is 366 g/mol. The van der Waals surface area contributed by atoms with E-state index in [4.69, 9.17) is 16.4 Å². The Kier molecular flexibility index (Phi) is 4.29. The zero-order chi connectivity index (χ0) is 18.3. The summed E-state index contributed by atoms with van der Waals surface area (Å²) in [6, 6.07) is 11.8. The van der Waals surface area contributed by atoms with Crippen molar-refractivity contribution in [2.45, 2.75) is 26.7 Å². The van der Waals surface area contributed by atoms with E-state index >= 15 is 0 Å². The molecular weight excluding hydrogens is 348 g/mol. The average molecular weight is 367 g/mol. The number of benzene rings is 2. The molecule has 2 aromatic carbocycles. The van der Waals surface area contributed by atoms with E-state index in [1.807, 2.05) is 44.2 Å². The fraction of sp³-hybridized carbons (Fsp3) is 0.238. The molecule has 1 aliphatic heterocycles. The maximum absolute atomic E-state index is 12.8. The maximum atomic E-state index is 12.8. The second-order valence-electron chi connectivity index (χ2n) is 6.56. The molecular formula is C21H19ClN2O2. The molecule has 0 saturated carbocycles. The van der Waals surface area contributed by atoms with Crippen molar-refractivity contribution in [3.05, 3.63) is 69.2 Å². The lowest BCUT2D eigenvalue weighted by Gasteiger charge is -2.07. The smallest absolute Gasteiger partial charge is 0.256 e. The van der Waals surface area contributed by atoms with Crippen molar-refractivity contribution in [1.29, 1.82) is 0 Å². The van der Waals surface area contributed by atoms with Gasteiger partial charge < -0.3 is 10.2 Å². The zero-order valence-electron chi connectivity index (χ0n) is 14.7. The van der Waals surface area contributed by atoms with Gasteiger partial charge in [-0.2, -0.15) is 0 Å². The summed E-state index contributed by atoms with van der Waals surface area (Å²) in [5.74, 6) is -0.118. The SMILES string of the molecule is CCCO/N=C1/C(=C2/C(=O)Nc3cc(C)c(Cl)cc32)Cc2ccccc21. The molecule has 1 aliphatic carbocycles. The third-order valence-electron chi connectivity index (χ3n) is 4.72. The lowest BCUT2D eigenvalue weighted by Crippen LogP contribution is -2.10. The second kappa shape index (κ2) is 6.61. The highest BCUT2D eigenvalue weighted by Crippen LogP contribution is 2.41. The van der Waals surface area contributed by atoms with Crippen molar-refractivity contribution >= 4 is 34.5 Å². The zero-order valence-corrected chi connectivity index (χ0v) is 15.5. The highest BCUT2D eigenvalue weighted by atomic mass is 35.5. The van der Waals surface area contributed by atoms with Crippen LogP contribution in [0.4, 0.5) is 5.69 Å². The van der Waals surface area contributed by atoms with Crippen LogP contribution >= 0.6 is 11.6 Å². The maximum Gasteiger partial charge on any atom is 0.256 e. The molecule has 4 nitrogen and oxygen atoms in total. The quantitative estimate of drug-likeness (QED) is 0.484. The first-order chi connectivity index (χ1) is 12.6. The van der Waals surface area contributed by atoms with Gasteiger partial charge in [-0.05, 0) is 42.2 Å². The summed E-state index contributed by atoms with van der Waals surface area (Å²) in [4.78, 5) is 18.2. The number of aryl methyl sites for hydroxylation is 1. The van der Waals surface area contributed by atoms with E-state index in [9.17, 15) is 4.79 Å². The fourth-order valence-electron chi connectivity index (χ4n) is 3.45. The topological polar surface area (TPSA) is 50.7 Å². The number of fused-ring (bicyclic) bond motifs is 2. The van der Waals surface area contributed by atoms with Crippen LogP contribution in [-0.4, -0.2) is 18.2 Å². The third kappa shape index (κ3) is 2.71. The Morgan fingerprint density at radius 3 is 2.85 bits per heavy atom. The van der Waals surface area contributed by atoms with E-state index in [0.29, 0.717) is 23.6 Å². The van der Waals surface area contributed by atoms with Crippen molar-refractivity contribution in [2.24, 2.45) is 5.16 Å². The van der Waals surface area contributed by atoms with Crippen molar-refractivity contribution in [3.8, 4) is 0 Å². The molecule has 0 saturated heterocycles. The number of oxime groups is 1. The van der Waals surface area contributed by atoms with Gasteiger partial charge in [0.05, 0.1) is 5.57 Å². The molecule has 4 rings (SSSR count). The summed E-state index contributed by atoms with van der Waals surface area (Å²) in [6.07, 6.45) is 1.53. The van der Waals surface area contributed by atoms with Crippen LogP contribution in [0.2, 0.25) is 5.02 Å². The Morgan fingerprint density at radius 2 is 2.04 bits per heavy atom. The van der Waals surface area contributed by atoms with Gasteiger partial charge in [0, 0.05) is 28.3 Å². The van der Waals surface area contributed by atoms with Gasteiger partial charge in [-0.3, -0.25) is 4.79 Å². The highest BCUT2D eigenvalue weighted by molar-refractivity contribution is 6.39. The number of carbonyl (C=O) groups is 1. The molecule has 0 atom stereocenters. The van der Waals surface area contributed by atoms with Crippen LogP contribution in [0.15, 0.2) is 47.1 Å². The number of amides is 1. The van der Waals surface area contributed by atoms with E-state index < -0.39 is 0 Å². The predicted octanol–water partition coefficient (Wildman–Crippen LogP) is 4.74. The minimum Gasteiger partial charge on any atom is -0.395 e. The van der Waals surface area contributed by atoms with E-state index in [1.165, 1.54) is 0 Å². The minimum atomic E-state index is -0.118. The Hall–Kier alpha value is -2.59. The van der Waals surface area contributed by atoms with Crippen LogP contribution in [0.1, 0.15) is 35.6 Å². The molecule has 1 N–H and O–H groups in total. The van der Waals surface area contributed by atoms with Gasteiger partial charge >= 0.3 is 0 Å². The van der Waals surface area contributed by atoms with Crippen molar-refractivity contribution in [3.63, 3.8) is 0 Å². The van der Waals surface area contributed by atoms with Gasteiger partial charge in [0.2, 0.25) is 0 Å². The highest BCUT2D eigenvalue weighted by Gasteiger charge is 2.34. The van der Waals surface area contributed by atoms with E-state index in [1.54, 1.807) is 0 Å². The number of halogens is 1. The van der Waals surface area contributed by atoms with Gasteiger partial charge in [-0.25, -0.2) is 0 Å². The molecule has 0 unspecified atom stereocenters. The van der Waals surface area contributed by atoms with Crippen LogP contribution in [0.5, 0.6) is 0 Å². The lowest BCUT2D eigenvalue weighted by atomic mass is 9.97. The Labute approximate surface area is 157 Å². The molecule has 1 heterocycles. The van der Waals surface area contributed by atoms with Crippen LogP contribution < -0.4 is 5.32 Å². The first-order valence-electron chi connectivity index (χ1n) is 8.73. The number of anilines is 1. The van der Waals surface area contributed by atoms with Crippen LogP contribution in [0, 0.1) is 6.92 Å². The number of allylic oxidation sites excluding steroid dienone is 1. The number of nitrogens with one attached hydrogen (secondary N) is 1. The lowest BCUT2D eigenvalue weighted by molar-refractivity contribution is -0.110. The minimum absolute atomic E-state index is 0.118. The summed E-state index contributed by atoms with van der Waals surface area (Å²) >= 11 is 6.32. The Balaban J connectivity index is 1.90. The summed E-state index contributed by atoms with van der Waals surface area (Å²) in [5.41, 5.74) is 6.99. The van der Waals surface area contributed by atoms with Gasteiger partial charge in [-0.1, -0.05) is 47.9 Å². The van der Waals surface area contributed by atoms with Crippen molar-refractivity contribution in [2.75, 3.05) is 11.9 Å². The summed E-state index contributed by atoms with van der Waals surface area (Å²) in [6.45, 7) is 4.51. The summed E-state index contributed by atoms with van der Waals surface area (Å²) < 4.78 is 0. The van der Waals surface area contributed by atoms with E-state index in [-0.39, 0.29) is 5.91 Å². The molecule has 26 heavy (non-hydrogen) atoms. The second-order valence-corrected chi connectivity index (χ2v) is 6.97. The molecule has 0 bridgehead atoms.